The Kier molecular flexibility index (Phi) is 6.75. The fourth-order valence-corrected chi connectivity index (χ4v) is 4.90. The average molecular weight is 447 g/mol. The van der Waals surface area contributed by atoms with Crippen molar-refractivity contribution in [2.45, 2.75) is 19.3 Å². The second kappa shape index (κ2) is 9.87. The Hall–Kier alpha value is -3.32. The zero-order chi connectivity index (χ0) is 22.4. The summed E-state index contributed by atoms with van der Waals surface area (Å²) < 4.78 is 0. The number of carbonyl (C=O) groups excluding carboxylic acids is 2. The van der Waals surface area contributed by atoms with Crippen molar-refractivity contribution in [2.75, 3.05) is 19.6 Å². The first-order valence-corrected chi connectivity index (χ1v) is 11.6. The van der Waals surface area contributed by atoms with Gasteiger partial charge < -0.3 is 10.2 Å². The highest BCUT2D eigenvalue weighted by Gasteiger charge is 2.42. The van der Waals surface area contributed by atoms with Crippen LogP contribution in [0.25, 0.3) is 10.4 Å². The van der Waals surface area contributed by atoms with E-state index in [1.54, 1.807) is 28.5 Å². The van der Waals surface area contributed by atoms with Crippen molar-refractivity contribution in [1.82, 2.24) is 20.2 Å². The van der Waals surface area contributed by atoms with Gasteiger partial charge in [0.1, 0.15) is 5.69 Å². The van der Waals surface area contributed by atoms with Gasteiger partial charge in [-0.2, -0.15) is 0 Å². The molecule has 0 radical (unpaired) electrons. The van der Waals surface area contributed by atoms with Gasteiger partial charge in [-0.15, -0.1) is 17.9 Å². The minimum Gasteiger partial charge on any atom is -0.352 e. The van der Waals surface area contributed by atoms with Crippen molar-refractivity contribution in [3.05, 3.63) is 84.3 Å². The van der Waals surface area contributed by atoms with Gasteiger partial charge in [0.15, 0.2) is 0 Å². The molecule has 0 unspecified atom stereocenters. The van der Waals surface area contributed by atoms with Crippen LogP contribution in [-0.4, -0.2) is 46.3 Å². The SMILES string of the molecule is C=CCNC(=O)C1(Cc2ccc(-c3cccs3)cc2)CCN(C(=O)c2cnccn2)CC1. The van der Waals surface area contributed by atoms with Crippen LogP contribution in [0.15, 0.2) is 73.0 Å². The summed E-state index contributed by atoms with van der Waals surface area (Å²) in [6.45, 7) is 5.15. The minimum atomic E-state index is -0.563. The van der Waals surface area contributed by atoms with Crippen molar-refractivity contribution in [3.8, 4) is 10.4 Å². The molecule has 7 heteroatoms. The number of hydrogen-bond donors (Lipinski definition) is 1. The number of thiophene rings is 1. The van der Waals surface area contributed by atoms with Crippen LogP contribution >= 0.6 is 11.3 Å². The number of piperidine rings is 1. The van der Waals surface area contributed by atoms with Gasteiger partial charge in [0.05, 0.1) is 11.6 Å². The van der Waals surface area contributed by atoms with Gasteiger partial charge in [-0.3, -0.25) is 14.6 Å². The first-order valence-electron chi connectivity index (χ1n) is 10.7. The largest absolute Gasteiger partial charge is 0.352 e. The van der Waals surface area contributed by atoms with E-state index in [0.717, 1.165) is 5.56 Å². The van der Waals surface area contributed by atoms with Crippen LogP contribution in [0.4, 0.5) is 0 Å². The quantitative estimate of drug-likeness (QED) is 0.557. The van der Waals surface area contributed by atoms with Crippen molar-refractivity contribution in [1.29, 1.82) is 0 Å². The normalized spacial score (nSPS) is 15.2. The maximum Gasteiger partial charge on any atom is 0.274 e. The fourth-order valence-electron chi connectivity index (χ4n) is 4.17. The van der Waals surface area contributed by atoms with Crippen LogP contribution in [0.1, 0.15) is 28.9 Å². The number of aromatic nitrogens is 2. The van der Waals surface area contributed by atoms with E-state index in [2.05, 4.69) is 57.6 Å². The zero-order valence-electron chi connectivity index (χ0n) is 17.9. The van der Waals surface area contributed by atoms with Crippen LogP contribution in [0, 0.1) is 5.41 Å². The second-order valence-electron chi connectivity index (χ2n) is 8.01. The lowest BCUT2D eigenvalue weighted by atomic mass is 9.72. The number of likely N-dealkylation sites (tertiary alicyclic amines) is 1. The molecular formula is C25H26N4O2S. The Labute approximate surface area is 192 Å². The van der Waals surface area contributed by atoms with Gasteiger partial charge in [0.25, 0.3) is 5.91 Å². The second-order valence-corrected chi connectivity index (χ2v) is 8.96. The molecule has 0 saturated carbocycles. The molecule has 6 nitrogen and oxygen atoms in total. The van der Waals surface area contributed by atoms with Crippen molar-refractivity contribution in [2.24, 2.45) is 5.41 Å². The molecule has 0 spiro atoms. The van der Waals surface area contributed by atoms with Gasteiger partial charge >= 0.3 is 0 Å². The summed E-state index contributed by atoms with van der Waals surface area (Å²) in [5.74, 6) is -0.121. The molecule has 1 fully saturated rings. The number of hydrogen-bond acceptors (Lipinski definition) is 5. The summed E-state index contributed by atoms with van der Waals surface area (Å²) in [6, 6.07) is 12.6. The maximum atomic E-state index is 13.2. The van der Waals surface area contributed by atoms with Gasteiger partial charge in [-0.1, -0.05) is 36.4 Å². The molecule has 1 aromatic carbocycles. The number of nitrogens with zero attached hydrogens (tertiary/aromatic N) is 3. The molecule has 0 aliphatic carbocycles. The van der Waals surface area contributed by atoms with Gasteiger partial charge in [-0.25, -0.2) is 4.98 Å². The summed E-state index contributed by atoms with van der Waals surface area (Å²) in [5, 5.41) is 5.06. The third-order valence-electron chi connectivity index (χ3n) is 5.98. The molecule has 2 aromatic heterocycles. The van der Waals surface area contributed by atoms with Crippen LogP contribution in [0.2, 0.25) is 0 Å². The minimum absolute atomic E-state index is 0.0198. The molecule has 4 rings (SSSR count). The van der Waals surface area contributed by atoms with Crippen LogP contribution < -0.4 is 5.32 Å². The zero-order valence-corrected chi connectivity index (χ0v) is 18.7. The first-order chi connectivity index (χ1) is 15.6. The number of rotatable bonds is 7. The summed E-state index contributed by atoms with van der Waals surface area (Å²) >= 11 is 1.71. The van der Waals surface area contributed by atoms with Crippen LogP contribution in [0.3, 0.4) is 0 Å². The average Bonchev–Trinajstić information content (AvgIpc) is 3.38. The molecule has 1 aliphatic rings. The summed E-state index contributed by atoms with van der Waals surface area (Å²) in [6.07, 6.45) is 8.05. The van der Waals surface area contributed by atoms with E-state index in [-0.39, 0.29) is 11.8 Å². The third-order valence-corrected chi connectivity index (χ3v) is 6.90. The lowest BCUT2D eigenvalue weighted by molar-refractivity contribution is -0.133. The van der Waals surface area contributed by atoms with E-state index in [4.69, 9.17) is 0 Å². The predicted octanol–water partition coefficient (Wildman–Crippen LogP) is 3.97. The van der Waals surface area contributed by atoms with Gasteiger partial charge in [0, 0.05) is 36.9 Å². The Morgan fingerprint density at radius 2 is 1.94 bits per heavy atom. The van der Waals surface area contributed by atoms with Gasteiger partial charge in [-0.05, 0) is 41.8 Å². The fraction of sp³-hybridized carbons (Fsp3) is 0.280. The monoisotopic (exact) mass is 446 g/mol. The summed E-state index contributed by atoms with van der Waals surface area (Å²) in [4.78, 5) is 37.1. The van der Waals surface area contributed by atoms with Crippen molar-refractivity contribution < 1.29 is 9.59 Å². The smallest absolute Gasteiger partial charge is 0.274 e. The molecular weight excluding hydrogens is 420 g/mol. The van der Waals surface area contributed by atoms with E-state index in [1.165, 1.54) is 22.8 Å². The Morgan fingerprint density at radius 3 is 2.56 bits per heavy atom. The van der Waals surface area contributed by atoms with Crippen molar-refractivity contribution in [3.63, 3.8) is 0 Å². The predicted molar refractivity (Wildman–Crippen MR) is 126 cm³/mol. The summed E-state index contributed by atoms with van der Waals surface area (Å²) in [5.41, 5.74) is 2.07. The van der Waals surface area contributed by atoms with E-state index in [9.17, 15) is 9.59 Å². The Morgan fingerprint density at radius 1 is 1.16 bits per heavy atom. The number of carbonyl (C=O) groups is 2. The van der Waals surface area contributed by atoms with E-state index >= 15 is 0 Å². The topological polar surface area (TPSA) is 75.2 Å². The lowest BCUT2D eigenvalue weighted by Gasteiger charge is -2.40. The highest BCUT2D eigenvalue weighted by Crippen LogP contribution is 2.36. The highest BCUT2D eigenvalue weighted by atomic mass is 32.1. The standard InChI is InChI=1S/C25H26N4O2S/c1-2-11-28-24(31)25(17-19-5-7-20(8-6-19)22-4-3-16-32-22)9-14-29(15-10-25)23(30)21-18-26-12-13-27-21/h2-8,12-13,16,18H,1,9-11,14-15,17H2,(H,28,31). The number of benzene rings is 1. The lowest BCUT2D eigenvalue weighted by Crippen LogP contribution is -2.51. The van der Waals surface area contributed by atoms with Gasteiger partial charge in [0.2, 0.25) is 5.91 Å². The molecule has 0 bridgehead atoms. The molecule has 0 atom stereocenters. The molecule has 1 saturated heterocycles. The first kappa shape index (κ1) is 21.9. The summed E-state index contributed by atoms with van der Waals surface area (Å²) in [7, 11) is 0. The number of nitrogens with one attached hydrogen (secondary N) is 1. The van der Waals surface area contributed by atoms with E-state index in [1.807, 2.05) is 6.07 Å². The molecule has 3 aromatic rings. The highest BCUT2D eigenvalue weighted by molar-refractivity contribution is 7.13. The molecule has 3 heterocycles. The van der Waals surface area contributed by atoms with Crippen LogP contribution in [-0.2, 0) is 11.2 Å². The maximum absolute atomic E-state index is 13.2. The molecule has 1 aliphatic heterocycles. The Bertz CT molecular complexity index is 1060. The van der Waals surface area contributed by atoms with E-state index < -0.39 is 5.41 Å². The Balaban J connectivity index is 1.50. The molecule has 2 amide bonds. The van der Waals surface area contributed by atoms with E-state index in [0.29, 0.717) is 44.6 Å². The number of amides is 2. The molecule has 32 heavy (non-hydrogen) atoms. The van der Waals surface area contributed by atoms with Crippen molar-refractivity contribution >= 4 is 23.2 Å². The van der Waals surface area contributed by atoms with Crippen LogP contribution in [0.5, 0.6) is 0 Å². The molecule has 1 N–H and O–H groups in total. The molecule has 164 valence electrons. The third kappa shape index (κ3) is 4.78.